The summed E-state index contributed by atoms with van der Waals surface area (Å²) in [6, 6.07) is 0. The van der Waals surface area contributed by atoms with E-state index < -0.39 is 5.54 Å². The lowest BCUT2D eigenvalue weighted by atomic mass is 9.97. The lowest BCUT2D eigenvalue weighted by Crippen LogP contribution is -2.31. The molecule has 0 saturated heterocycles. The number of thiocarbonyl (C=S) groups is 1. The van der Waals surface area contributed by atoms with E-state index in [0.717, 1.165) is 12.1 Å². The molecule has 11 heavy (non-hydrogen) atoms. The SMILES string of the molecule is CCC1(C([NH])=S)C=C(C)N=N1. The molecule has 0 aromatic rings. The lowest BCUT2D eigenvalue weighted by molar-refractivity contribution is 0.661. The molecule has 0 amide bonds. The van der Waals surface area contributed by atoms with Gasteiger partial charge in [-0.15, -0.1) is 0 Å². The molecule has 0 fully saturated rings. The zero-order valence-electron chi connectivity index (χ0n) is 6.59. The number of rotatable bonds is 2. The van der Waals surface area contributed by atoms with Crippen molar-refractivity contribution in [3.8, 4) is 0 Å². The average Bonchev–Trinajstić information content (AvgIpc) is 2.33. The van der Waals surface area contributed by atoms with Crippen molar-refractivity contribution in [3.63, 3.8) is 0 Å². The van der Waals surface area contributed by atoms with Crippen LogP contribution in [0.2, 0.25) is 0 Å². The standard InChI is InChI=1S/C7H10N3S/c1-3-7(6(8)11)4-5(2)9-10-7/h4,8H,3H2,1-2H3. The normalized spacial score (nSPS) is 28.7. The van der Waals surface area contributed by atoms with Crippen molar-refractivity contribution in [1.29, 1.82) is 0 Å². The maximum absolute atomic E-state index is 7.35. The van der Waals surface area contributed by atoms with Gasteiger partial charge in [0.05, 0.1) is 5.70 Å². The van der Waals surface area contributed by atoms with Crippen molar-refractivity contribution >= 4 is 17.2 Å². The van der Waals surface area contributed by atoms with Gasteiger partial charge >= 0.3 is 0 Å². The molecule has 0 spiro atoms. The van der Waals surface area contributed by atoms with Crippen LogP contribution in [0, 0.1) is 0 Å². The molecular formula is C7H10N3S. The molecule has 1 aliphatic rings. The van der Waals surface area contributed by atoms with E-state index in [-0.39, 0.29) is 4.99 Å². The molecule has 0 aromatic heterocycles. The predicted octanol–water partition coefficient (Wildman–Crippen LogP) is 2.12. The van der Waals surface area contributed by atoms with Gasteiger partial charge in [0.1, 0.15) is 4.99 Å². The summed E-state index contributed by atoms with van der Waals surface area (Å²) in [5.74, 6) is 0. The molecule has 1 N–H and O–H groups in total. The average molecular weight is 168 g/mol. The van der Waals surface area contributed by atoms with Crippen LogP contribution in [0.5, 0.6) is 0 Å². The maximum atomic E-state index is 7.35. The fourth-order valence-electron chi connectivity index (χ4n) is 1.02. The van der Waals surface area contributed by atoms with Crippen molar-refractivity contribution in [1.82, 2.24) is 5.73 Å². The summed E-state index contributed by atoms with van der Waals surface area (Å²) in [6.07, 6.45) is 2.57. The number of hydrogen-bond acceptors (Lipinski definition) is 3. The third-order valence-corrected chi connectivity index (χ3v) is 2.12. The molecule has 4 heteroatoms. The Morgan fingerprint density at radius 1 is 1.82 bits per heavy atom. The second-order valence-electron chi connectivity index (χ2n) is 2.59. The fourth-order valence-corrected chi connectivity index (χ4v) is 1.26. The number of hydrogen-bond donors (Lipinski definition) is 0. The Balaban J connectivity index is 2.98. The second kappa shape index (κ2) is 2.70. The van der Waals surface area contributed by atoms with Gasteiger partial charge in [0, 0.05) is 0 Å². The van der Waals surface area contributed by atoms with Crippen molar-refractivity contribution < 1.29 is 0 Å². The largest absolute Gasteiger partial charge is 0.291 e. The molecule has 0 aliphatic carbocycles. The van der Waals surface area contributed by atoms with Gasteiger partial charge < -0.3 is 0 Å². The van der Waals surface area contributed by atoms with E-state index in [4.69, 9.17) is 18.0 Å². The van der Waals surface area contributed by atoms with Crippen LogP contribution in [-0.4, -0.2) is 10.5 Å². The van der Waals surface area contributed by atoms with E-state index in [1.165, 1.54) is 0 Å². The molecule has 1 aliphatic heterocycles. The minimum Gasteiger partial charge on any atom is -0.291 e. The lowest BCUT2D eigenvalue weighted by Gasteiger charge is -2.16. The summed E-state index contributed by atoms with van der Waals surface area (Å²) in [7, 11) is 0. The highest BCUT2D eigenvalue weighted by molar-refractivity contribution is 7.80. The van der Waals surface area contributed by atoms with Crippen LogP contribution in [-0.2, 0) is 0 Å². The van der Waals surface area contributed by atoms with Gasteiger partial charge in [-0.05, 0) is 19.4 Å². The van der Waals surface area contributed by atoms with Gasteiger partial charge in [-0.1, -0.05) is 19.1 Å². The first kappa shape index (κ1) is 8.33. The summed E-state index contributed by atoms with van der Waals surface area (Å²) in [5, 5.41) is 7.83. The van der Waals surface area contributed by atoms with E-state index >= 15 is 0 Å². The molecule has 0 bridgehead atoms. The van der Waals surface area contributed by atoms with Gasteiger partial charge in [0.25, 0.3) is 0 Å². The van der Waals surface area contributed by atoms with Crippen LogP contribution in [0.1, 0.15) is 20.3 Å². The van der Waals surface area contributed by atoms with Crippen LogP contribution < -0.4 is 5.73 Å². The number of nitrogens with one attached hydrogen (secondary N) is 1. The quantitative estimate of drug-likeness (QED) is 0.582. The molecule has 0 aromatic carbocycles. The maximum Gasteiger partial charge on any atom is 0.153 e. The summed E-state index contributed by atoms with van der Waals surface area (Å²) in [5.41, 5.74) is 7.60. The molecule has 1 atom stereocenters. The first-order chi connectivity index (χ1) is 5.10. The van der Waals surface area contributed by atoms with Gasteiger partial charge in [-0.25, -0.2) is 0 Å². The first-order valence-corrected chi connectivity index (χ1v) is 3.90. The monoisotopic (exact) mass is 168 g/mol. The van der Waals surface area contributed by atoms with E-state index in [0.29, 0.717) is 0 Å². The Morgan fingerprint density at radius 3 is 2.64 bits per heavy atom. The van der Waals surface area contributed by atoms with Crippen molar-refractivity contribution in [3.05, 3.63) is 11.8 Å². The summed E-state index contributed by atoms with van der Waals surface area (Å²) < 4.78 is 0. The third-order valence-electron chi connectivity index (χ3n) is 1.77. The zero-order valence-corrected chi connectivity index (χ0v) is 7.40. The molecule has 1 rings (SSSR count). The van der Waals surface area contributed by atoms with Crippen LogP contribution in [0.25, 0.3) is 0 Å². The molecule has 1 unspecified atom stereocenters. The minimum absolute atomic E-state index is 0.153. The summed E-state index contributed by atoms with van der Waals surface area (Å²) in [6.45, 7) is 3.81. The number of nitrogens with zero attached hydrogens (tertiary/aromatic N) is 2. The zero-order chi connectivity index (χ0) is 8.48. The Hall–Kier alpha value is -0.770. The van der Waals surface area contributed by atoms with Crippen molar-refractivity contribution in [2.24, 2.45) is 10.2 Å². The molecular weight excluding hydrogens is 158 g/mol. The van der Waals surface area contributed by atoms with E-state index in [1.807, 2.05) is 19.9 Å². The third kappa shape index (κ3) is 1.30. The molecule has 1 heterocycles. The van der Waals surface area contributed by atoms with Crippen LogP contribution in [0.4, 0.5) is 0 Å². The first-order valence-electron chi connectivity index (χ1n) is 3.49. The van der Waals surface area contributed by atoms with Crippen LogP contribution in [0.15, 0.2) is 22.0 Å². The van der Waals surface area contributed by atoms with Gasteiger partial charge in [0.15, 0.2) is 5.54 Å². The molecule has 0 saturated carbocycles. The van der Waals surface area contributed by atoms with E-state index in [9.17, 15) is 0 Å². The van der Waals surface area contributed by atoms with Crippen LogP contribution in [0.3, 0.4) is 0 Å². The van der Waals surface area contributed by atoms with Crippen molar-refractivity contribution in [2.75, 3.05) is 0 Å². The summed E-state index contributed by atoms with van der Waals surface area (Å²) in [4.78, 5) is 0.153. The topological polar surface area (TPSA) is 48.5 Å². The van der Waals surface area contributed by atoms with Crippen LogP contribution >= 0.6 is 12.2 Å². The number of azo groups is 1. The minimum atomic E-state index is -0.598. The highest BCUT2D eigenvalue weighted by Crippen LogP contribution is 2.27. The van der Waals surface area contributed by atoms with Gasteiger partial charge in [-0.2, -0.15) is 10.2 Å². The van der Waals surface area contributed by atoms with Crippen molar-refractivity contribution in [2.45, 2.75) is 25.8 Å². The molecule has 59 valence electrons. The number of allylic oxidation sites excluding steroid dienone is 1. The molecule has 3 nitrogen and oxygen atoms in total. The summed E-state index contributed by atoms with van der Waals surface area (Å²) >= 11 is 4.79. The Labute approximate surface area is 71.4 Å². The predicted molar refractivity (Wildman–Crippen MR) is 47.3 cm³/mol. The van der Waals surface area contributed by atoms with E-state index in [2.05, 4.69) is 10.2 Å². The smallest absolute Gasteiger partial charge is 0.153 e. The molecule has 1 radical (unpaired) electrons. The Bertz CT molecular complexity index is 244. The Morgan fingerprint density at radius 2 is 2.45 bits per heavy atom. The second-order valence-corrected chi connectivity index (χ2v) is 3.00. The fraction of sp³-hybridized carbons (Fsp3) is 0.571. The highest BCUT2D eigenvalue weighted by Gasteiger charge is 2.32. The highest BCUT2D eigenvalue weighted by atomic mass is 32.1. The van der Waals surface area contributed by atoms with Gasteiger partial charge in [0.2, 0.25) is 0 Å². The van der Waals surface area contributed by atoms with Gasteiger partial charge in [-0.3, -0.25) is 5.73 Å². The Kier molecular flexibility index (Phi) is 2.04. The van der Waals surface area contributed by atoms with E-state index in [1.54, 1.807) is 0 Å².